The van der Waals surface area contributed by atoms with Crippen LogP contribution in [0.1, 0.15) is 37.0 Å². The molecule has 0 saturated carbocycles. The first kappa shape index (κ1) is 20.0. The van der Waals surface area contributed by atoms with Gasteiger partial charge in [0.1, 0.15) is 0 Å². The maximum atomic E-state index is 12.1. The zero-order valence-corrected chi connectivity index (χ0v) is 16.2. The Kier molecular flexibility index (Phi) is 8.16. The second kappa shape index (κ2) is 10.6. The van der Waals surface area contributed by atoms with E-state index in [2.05, 4.69) is 65.9 Å². The molecule has 1 unspecified atom stereocenters. The number of hydrogen-bond donors (Lipinski definition) is 2. The van der Waals surface area contributed by atoms with E-state index in [4.69, 9.17) is 0 Å². The van der Waals surface area contributed by atoms with Crippen LogP contribution in [0.15, 0.2) is 54.6 Å². The number of amides is 2. The summed E-state index contributed by atoms with van der Waals surface area (Å²) in [6.45, 7) is 6.68. The summed E-state index contributed by atoms with van der Waals surface area (Å²) in [5.74, 6) is 0. The summed E-state index contributed by atoms with van der Waals surface area (Å²) in [5.41, 5.74) is 3.69. The molecule has 1 atom stereocenters. The van der Waals surface area contributed by atoms with Crippen LogP contribution in [-0.2, 0) is 19.5 Å². The van der Waals surface area contributed by atoms with E-state index < -0.39 is 0 Å². The third-order valence-electron chi connectivity index (χ3n) is 4.52. The molecule has 4 nitrogen and oxygen atoms in total. The van der Waals surface area contributed by atoms with Crippen molar-refractivity contribution in [1.82, 2.24) is 15.5 Å². The Morgan fingerprint density at radius 2 is 1.73 bits per heavy atom. The molecule has 4 heteroatoms. The lowest BCUT2D eigenvalue weighted by molar-refractivity contribution is 0.237. The second-order valence-electron chi connectivity index (χ2n) is 6.90. The molecule has 0 spiro atoms. The Balaban J connectivity index is 1.73. The van der Waals surface area contributed by atoms with Gasteiger partial charge in [0, 0.05) is 19.1 Å². The zero-order valence-electron chi connectivity index (χ0n) is 16.2. The van der Waals surface area contributed by atoms with Crippen LogP contribution in [0, 0.1) is 0 Å². The van der Waals surface area contributed by atoms with Crippen LogP contribution in [0.4, 0.5) is 4.79 Å². The van der Waals surface area contributed by atoms with Crippen molar-refractivity contribution in [3.8, 4) is 0 Å². The molecule has 2 amide bonds. The van der Waals surface area contributed by atoms with Crippen LogP contribution in [0.25, 0.3) is 0 Å². The highest BCUT2D eigenvalue weighted by atomic mass is 16.2. The number of rotatable bonds is 9. The van der Waals surface area contributed by atoms with Crippen LogP contribution >= 0.6 is 0 Å². The Morgan fingerprint density at radius 1 is 1.04 bits per heavy atom. The molecule has 2 aromatic rings. The SMILES string of the molecule is CCN(C)Cc1cccc(CNC(=O)NC(C)CCc2ccccc2)c1. The first-order valence-electron chi connectivity index (χ1n) is 9.41. The minimum absolute atomic E-state index is 0.110. The summed E-state index contributed by atoms with van der Waals surface area (Å²) < 4.78 is 0. The minimum atomic E-state index is -0.110. The predicted molar refractivity (Wildman–Crippen MR) is 108 cm³/mol. The number of nitrogens with one attached hydrogen (secondary N) is 2. The van der Waals surface area contributed by atoms with Crippen LogP contribution in [0.5, 0.6) is 0 Å². The number of carbonyl (C=O) groups is 1. The molecule has 26 heavy (non-hydrogen) atoms. The van der Waals surface area contributed by atoms with Crippen molar-refractivity contribution in [1.29, 1.82) is 0 Å². The van der Waals surface area contributed by atoms with Gasteiger partial charge in [-0.15, -0.1) is 0 Å². The number of urea groups is 1. The van der Waals surface area contributed by atoms with E-state index in [-0.39, 0.29) is 12.1 Å². The molecule has 2 rings (SSSR count). The third kappa shape index (κ3) is 7.28. The second-order valence-corrected chi connectivity index (χ2v) is 6.90. The monoisotopic (exact) mass is 353 g/mol. The van der Waals surface area contributed by atoms with E-state index in [0.29, 0.717) is 6.54 Å². The summed E-state index contributed by atoms with van der Waals surface area (Å²) in [6.07, 6.45) is 1.89. The van der Waals surface area contributed by atoms with Crippen LogP contribution in [-0.4, -0.2) is 30.6 Å². The smallest absolute Gasteiger partial charge is 0.315 e. The molecule has 0 aliphatic carbocycles. The van der Waals surface area contributed by atoms with Gasteiger partial charge in [0.05, 0.1) is 0 Å². The average molecular weight is 354 g/mol. The lowest BCUT2D eigenvalue weighted by atomic mass is 10.1. The number of carbonyl (C=O) groups excluding carboxylic acids is 1. The van der Waals surface area contributed by atoms with Crippen molar-refractivity contribution in [2.24, 2.45) is 0 Å². The molecule has 0 heterocycles. The first-order valence-corrected chi connectivity index (χ1v) is 9.41. The largest absolute Gasteiger partial charge is 0.336 e. The average Bonchev–Trinajstić information content (AvgIpc) is 2.66. The summed E-state index contributed by atoms with van der Waals surface area (Å²) in [4.78, 5) is 14.4. The molecule has 0 aromatic heterocycles. The lowest BCUT2D eigenvalue weighted by Gasteiger charge is -2.16. The van der Waals surface area contributed by atoms with E-state index in [0.717, 1.165) is 31.5 Å². The van der Waals surface area contributed by atoms with Crippen LogP contribution < -0.4 is 10.6 Å². The highest BCUT2D eigenvalue weighted by molar-refractivity contribution is 5.74. The van der Waals surface area contributed by atoms with Gasteiger partial charge in [-0.1, -0.05) is 61.5 Å². The lowest BCUT2D eigenvalue weighted by Crippen LogP contribution is -2.40. The molecule has 2 aromatic carbocycles. The fraction of sp³-hybridized carbons (Fsp3) is 0.409. The van der Waals surface area contributed by atoms with Gasteiger partial charge in [-0.05, 0) is 50.0 Å². The molecule has 0 saturated heterocycles. The van der Waals surface area contributed by atoms with Crippen LogP contribution in [0.2, 0.25) is 0 Å². The van der Waals surface area contributed by atoms with E-state index in [1.54, 1.807) is 0 Å². The van der Waals surface area contributed by atoms with E-state index in [1.807, 2.05) is 25.1 Å². The van der Waals surface area contributed by atoms with Crippen molar-refractivity contribution in [3.63, 3.8) is 0 Å². The standard InChI is InChI=1S/C22H31N3O/c1-4-25(3)17-21-12-8-11-20(15-21)16-23-22(26)24-18(2)13-14-19-9-6-5-7-10-19/h5-12,15,18H,4,13-14,16-17H2,1-3H3,(H2,23,24,26). The van der Waals surface area contributed by atoms with Gasteiger partial charge in [0.15, 0.2) is 0 Å². The van der Waals surface area contributed by atoms with Gasteiger partial charge < -0.3 is 15.5 Å². The van der Waals surface area contributed by atoms with Crippen molar-refractivity contribution in [2.45, 2.75) is 45.8 Å². The van der Waals surface area contributed by atoms with Crippen molar-refractivity contribution >= 4 is 6.03 Å². The molecule has 2 N–H and O–H groups in total. The summed E-state index contributed by atoms with van der Waals surface area (Å²) in [7, 11) is 2.11. The first-order chi connectivity index (χ1) is 12.6. The maximum Gasteiger partial charge on any atom is 0.315 e. The normalized spacial score (nSPS) is 12.0. The Hall–Kier alpha value is -2.33. The van der Waals surface area contributed by atoms with Gasteiger partial charge in [-0.25, -0.2) is 4.79 Å². The topological polar surface area (TPSA) is 44.4 Å². The zero-order chi connectivity index (χ0) is 18.8. The Morgan fingerprint density at radius 3 is 2.46 bits per heavy atom. The quantitative estimate of drug-likeness (QED) is 0.717. The van der Waals surface area contributed by atoms with Gasteiger partial charge in [-0.2, -0.15) is 0 Å². The Labute approximate surface area is 157 Å². The van der Waals surface area contributed by atoms with Crippen LogP contribution in [0.3, 0.4) is 0 Å². The maximum absolute atomic E-state index is 12.1. The molecule has 0 aliphatic rings. The number of aryl methyl sites for hydroxylation is 1. The molecule has 0 aliphatic heterocycles. The molecule has 140 valence electrons. The Bertz CT molecular complexity index is 672. The fourth-order valence-electron chi connectivity index (χ4n) is 2.82. The summed E-state index contributed by atoms with van der Waals surface area (Å²) in [5, 5.41) is 5.98. The van der Waals surface area contributed by atoms with E-state index in [1.165, 1.54) is 11.1 Å². The minimum Gasteiger partial charge on any atom is -0.336 e. The van der Waals surface area contributed by atoms with Gasteiger partial charge >= 0.3 is 6.03 Å². The summed E-state index contributed by atoms with van der Waals surface area (Å²) >= 11 is 0. The van der Waals surface area contributed by atoms with Crippen molar-refractivity contribution < 1.29 is 4.79 Å². The van der Waals surface area contributed by atoms with Gasteiger partial charge in [0.25, 0.3) is 0 Å². The predicted octanol–water partition coefficient (Wildman–Crippen LogP) is 3.96. The van der Waals surface area contributed by atoms with E-state index >= 15 is 0 Å². The molecule has 0 bridgehead atoms. The summed E-state index contributed by atoms with van der Waals surface area (Å²) in [6, 6.07) is 18.8. The number of hydrogen-bond acceptors (Lipinski definition) is 2. The highest BCUT2D eigenvalue weighted by Gasteiger charge is 2.07. The van der Waals surface area contributed by atoms with Gasteiger partial charge in [-0.3, -0.25) is 0 Å². The molecular formula is C22H31N3O. The molecule has 0 fully saturated rings. The molecule has 0 radical (unpaired) electrons. The fourth-order valence-corrected chi connectivity index (χ4v) is 2.82. The van der Waals surface area contributed by atoms with Gasteiger partial charge in [0.2, 0.25) is 0 Å². The third-order valence-corrected chi connectivity index (χ3v) is 4.52. The van der Waals surface area contributed by atoms with Crippen molar-refractivity contribution in [2.75, 3.05) is 13.6 Å². The van der Waals surface area contributed by atoms with Crippen molar-refractivity contribution in [3.05, 3.63) is 71.3 Å². The molecular weight excluding hydrogens is 322 g/mol. The van der Waals surface area contributed by atoms with E-state index in [9.17, 15) is 4.79 Å². The number of nitrogens with zero attached hydrogens (tertiary/aromatic N) is 1. The number of benzene rings is 2. The highest BCUT2D eigenvalue weighted by Crippen LogP contribution is 2.08.